The lowest BCUT2D eigenvalue weighted by Crippen LogP contribution is -2.35. The van der Waals surface area contributed by atoms with E-state index < -0.39 is 25.9 Å². The fraction of sp³-hybridized carbons (Fsp3) is 0.238. The molecule has 0 saturated carbocycles. The Kier molecular flexibility index (Phi) is 7.58. The van der Waals surface area contributed by atoms with Crippen molar-refractivity contribution < 1.29 is 35.5 Å². The number of halogens is 1. The number of sulfonamides is 2. The van der Waals surface area contributed by atoms with Gasteiger partial charge >= 0.3 is 0 Å². The quantitative estimate of drug-likeness (QED) is 0.394. The first-order chi connectivity index (χ1) is 15.9. The third kappa shape index (κ3) is 6.10. The summed E-state index contributed by atoms with van der Waals surface area (Å²) in [6.45, 7) is 0. The van der Waals surface area contributed by atoms with Crippen molar-refractivity contribution in [2.45, 2.75) is 12.8 Å². The second kappa shape index (κ2) is 10.1. The topological polar surface area (TPSA) is 120 Å². The lowest BCUT2D eigenvalue weighted by Gasteiger charge is -2.21. The van der Waals surface area contributed by atoms with Crippen LogP contribution in [0.4, 0.5) is 10.1 Å². The van der Waals surface area contributed by atoms with Crippen molar-refractivity contribution in [3.8, 4) is 17.2 Å². The fourth-order valence-electron chi connectivity index (χ4n) is 3.19. The number of Topliss-reactive ketones (excluding diaryl/α,β-unsaturated/α-hetero) is 1. The van der Waals surface area contributed by atoms with Crippen molar-refractivity contribution in [2.75, 3.05) is 23.3 Å². The van der Waals surface area contributed by atoms with Crippen LogP contribution in [0.2, 0.25) is 0 Å². The Morgan fingerprint density at radius 2 is 1.76 bits per heavy atom. The Labute approximate surface area is 200 Å². The van der Waals surface area contributed by atoms with Gasteiger partial charge in [0.25, 0.3) is 0 Å². The van der Waals surface area contributed by atoms with Gasteiger partial charge in [-0.1, -0.05) is 6.07 Å². The molecule has 0 aliphatic heterocycles. The molecule has 0 bridgehead atoms. The molecule has 0 fully saturated rings. The van der Waals surface area contributed by atoms with E-state index in [1.165, 1.54) is 48.8 Å². The number of benzene rings is 2. The number of nitrogens with zero attached hydrogens (tertiary/aromatic N) is 2. The van der Waals surface area contributed by atoms with E-state index in [1.807, 2.05) is 0 Å². The zero-order valence-electron chi connectivity index (χ0n) is 18.4. The third-order valence-corrected chi connectivity index (χ3v) is 8.47. The first-order valence-electron chi connectivity index (χ1n) is 9.64. The van der Waals surface area contributed by atoms with Crippen molar-refractivity contribution in [3.63, 3.8) is 0 Å². The van der Waals surface area contributed by atoms with Gasteiger partial charge in [-0.25, -0.2) is 26.2 Å². The summed E-state index contributed by atoms with van der Waals surface area (Å²) in [6.07, 6.45) is 2.81. The highest BCUT2D eigenvalue weighted by Gasteiger charge is 2.28. The van der Waals surface area contributed by atoms with Gasteiger partial charge in [0, 0.05) is 23.6 Å². The molecule has 0 spiro atoms. The Hall–Kier alpha value is -3.03. The molecular formula is C21H21FN2O7S3. The van der Waals surface area contributed by atoms with Crippen LogP contribution in [0, 0.1) is 5.82 Å². The number of carbonyl (C=O) groups excluding carboxylic acids is 1. The summed E-state index contributed by atoms with van der Waals surface area (Å²) in [5.74, 6) is -1.13. The molecule has 0 N–H and O–H groups in total. The van der Waals surface area contributed by atoms with Gasteiger partial charge in [0.15, 0.2) is 11.6 Å². The number of aromatic nitrogens is 1. The van der Waals surface area contributed by atoms with Crippen LogP contribution >= 0.6 is 11.3 Å². The lowest BCUT2D eigenvalue weighted by atomic mass is 10.1. The summed E-state index contributed by atoms with van der Waals surface area (Å²) in [6, 6.07) is 7.75. The normalized spacial score (nSPS) is 11.8. The minimum Gasteiger partial charge on any atom is -0.493 e. The number of carbonyl (C=O) groups is 1. The van der Waals surface area contributed by atoms with E-state index in [4.69, 9.17) is 9.47 Å². The van der Waals surface area contributed by atoms with Crippen LogP contribution in [0.5, 0.6) is 17.2 Å². The van der Waals surface area contributed by atoms with Crippen LogP contribution in [-0.4, -0.2) is 47.2 Å². The van der Waals surface area contributed by atoms with E-state index in [0.29, 0.717) is 5.01 Å². The monoisotopic (exact) mass is 528 g/mol. The minimum atomic E-state index is -4.22. The highest BCUT2D eigenvalue weighted by atomic mass is 32.3. The first kappa shape index (κ1) is 25.6. The van der Waals surface area contributed by atoms with Gasteiger partial charge in [-0.2, -0.15) is 3.71 Å². The molecule has 3 aromatic rings. The average Bonchev–Trinajstić information content (AvgIpc) is 3.21. The number of ketones is 1. The minimum absolute atomic E-state index is 0.00617. The maximum Gasteiger partial charge on any atom is 0.245 e. The van der Waals surface area contributed by atoms with E-state index in [0.717, 1.165) is 18.6 Å². The summed E-state index contributed by atoms with van der Waals surface area (Å²) in [5, 5.41) is 2.30. The zero-order valence-corrected chi connectivity index (χ0v) is 20.8. The molecule has 0 radical (unpaired) electrons. The summed E-state index contributed by atoms with van der Waals surface area (Å²) in [7, 11) is -7.11. The Balaban J connectivity index is 2.09. The molecule has 13 heteroatoms. The van der Waals surface area contributed by atoms with Crippen LogP contribution in [0.15, 0.2) is 48.0 Å². The number of anilines is 1. The highest BCUT2D eigenvalue weighted by Crippen LogP contribution is 2.37. The molecule has 34 heavy (non-hydrogen) atoms. The van der Waals surface area contributed by atoms with Crippen molar-refractivity contribution in [1.29, 1.82) is 0 Å². The second-order valence-electron chi connectivity index (χ2n) is 7.21. The molecular weight excluding hydrogens is 507 g/mol. The SMILES string of the molecule is COc1cccc(F)c1Oc1ccc(N(S(C)(=O)=O)S(C)(=O)=O)cc1CC(=O)Cc1nccs1. The number of methoxy groups -OCH3 is 1. The van der Waals surface area contributed by atoms with Gasteiger partial charge in [-0.3, -0.25) is 4.79 Å². The predicted molar refractivity (Wildman–Crippen MR) is 126 cm³/mol. The lowest BCUT2D eigenvalue weighted by molar-refractivity contribution is -0.117. The van der Waals surface area contributed by atoms with Gasteiger partial charge < -0.3 is 9.47 Å². The molecule has 0 amide bonds. The molecule has 2 aromatic carbocycles. The summed E-state index contributed by atoms with van der Waals surface area (Å²) >= 11 is 1.29. The molecule has 0 unspecified atom stereocenters. The molecule has 9 nitrogen and oxygen atoms in total. The largest absolute Gasteiger partial charge is 0.493 e. The van der Waals surface area contributed by atoms with E-state index >= 15 is 0 Å². The summed E-state index contributed by atoms with van der Waals surface area (Å²) < 4.78 is 74.4. The van der Waals surface area contributed by atoms with Gasteiger partial charge in [0.2, 0.25) is 25.8 Å². The first-order valence-corrected chi connectivity index (χ1v) is 14.2. The van der Waals surface area contributed by atoms with Gasteiger partial charge in [0.05, 0.1) is 36.7 Å². The van der Waals surface area contributed by atoms with Crippen LogP contribution in [0.25, 0.3) is 0 Å². The summed E-state index contributed by atoms with van der Waals surface area (Å²) in [4.78, 5) is 16.8. The van der Waals surface area contributed by atoms with Crippen molar-refractivity contribution in [2.24, 2.45) is 0 Å². The van der Waals surface area contributed by atoms with E-state index in [1.54, 1.807) is 11.6 Å². The molecule has 1 aromatic heterocycles. The number of ether oxygens (including phenoxy) is 2. The Morgan fingerprint density at radius 3 is 2.35 bits per heavy atom. The van der Waals surface area contributed by atoms with Gasteiger partial charge in [-0.05, 0) is 30.3 Å². The van der Waals surface area contributed by atoms with Gasteiger partial charge in [-0.15, -0.1) is 11.3 Å². The molecule has 3 rings (SSSR count). The number of para-hydroxylation sites is 1. The van der Waals surface area contributed by atoms with Crippen LogP contribution in [-0.2, 0) is 37.7 Å². The van der Waals surface area contributed by atoms with E-state index in [2.05, 4.69) is 4.98 Å². The molecule has 0 atom stereocenters. The average molecular weight is 529 g/mol. The van der Waals surface area contributed by atoms with Crippen LogP contribution in [0.1, 0.15) is 10.6 Å². The molecule has 0 aliphatic carbocycles. The fourth-order valence-corrected chi connectivity index (χ4v) is 6.79. The third-order valence-electron chi connectivity index (χ3n) is 4.44. The highest BCUT2D eigenvalue weighted by molar-refractivity contribution is 8.09. The molecule has 182 valence electrons. The van der Waals surface area contributed by atoms with Crippen molar-refractivity contribution in [3.05, 3.63) is 64.4 Å². The van der Waals surface area contributed by atoms with E-state index in [9.17, 15) is 26.0 Å². The molecule has 0 saturated heterocycles. The van der Waals surface area contributed by atoms with Gasteiger partial charge in [0.1, 0.15) is 11.5 Å². The smallest absolute Gasteiger partial charge is 0.245 e. The number of hydrogen-bond acceptors (Lipinski definition) is 9. The maximum atomic E-state index is 14.4. The van der Waals surface area contributed by atoms with Crippen molar-refractivity contribution >= 4 is 42.9 Å². The van der Waals surface area contributed by atoms with E-state index in [-0.39, 0.29) is 50.8 Å². The summed E-state index contributed by atoms with van der Waals surface area (Å²) in [5.41, 5.74) is -0.0587. The maximum absolute atomic E-state index is 14.4. The predicted octanol–water partition coefficient (Wildman–Crippen LogP) is 3.16. The molecule has 1 heterocycles. The molecule has 0 aliphatic rings. The number of hydrogen-bond donors (Lipinski definition) is 0. The zero-order chi connectivity index (χ0) is 25.1. The Bertz CT molecular complexity index is 1370. The second-order valence-corrected chi connectivity index (χ2v) is 12.1. The number of thiazole rings is 1. The number of rotatable bonds is 10. The van der Waals surface area contributed by atoms with Crippen LogP contribution < -0.4 is 13.2 Å². The standard InChI is InChI=1S/C21H21FN2O7S3/c1-30-19-6-4-5-17(22)21(19)31-18-8-7-15(24(33(2,26)27)34(3,28)29)11-14(18)12-16(25)13-20-23-9-10-32-20/h4-11H,12-13H2,1-3H3. The van der Waals surface area contributed by atoms with Crippen molar-refractivity contribution in [1.82, 2.24) is 4.98 Å². The van der Waals surface area contributed by atoms with Crippen LogP contribution in [0.3, 0.4) is 0 Å². The Morgan fingerprint density at radius 1 is 1.06 bits per heavy atom.